The Bertz CT molecular complexity index is 341. The molecule has 2 nitrogen and oxygen atoms in total. The van der Waals surface area contributed by atoms with Gasteiger partial charge in [0.25, 0.3) is 0 Å². The molecular weight excluding hydrogens is 217 g/mol. The highest BCUT2D eigenvalue weighted by molar-refractivity contribution is 6.33. The van der Waals surface area contributed by atoms with Gasteiger partial charge < -0.3 is 10.4 Å². The maximum atomic E-state index is 12.7. The first-order valence-electron chi connectivity index (χ1n) is 4.86. The average molecular weight is 232 g/mol. The van der Waals surface area contributed by atoms with Gasteiger partial charge in [-0.15, -0.1) is 0 Å². The standard InChI is InChI=1S/C11H15ClFNO/c1-3-11(2,15)7-14-10-5-4-8(13)6-9(10)12/h4-6,14-15H,3,7H2,1-2H3. The van der Waals surface area contributed by atoms with Crippen molar-refractivity contribution in [1.29, 1.82) is 0 Å². The van der Waals surface area contributed by atoms with Crippen molar-refractivity contribution in [1.82, 2.24) is 0 Å². The van der Waals surface area contributed by atoms with Gasteiger partial charge in [-0.1, -0.05) is 18.5 Å². The molecule has 0 fully saturated rings. The molecule has 84 valence electrons. The third kappa shape index (κ3) is 3.68. The van der Waals surface area contributed by atoms with Crippen LogP contribution in [-0.2, 0) is 0 Å². The van der Waals surface area contributed by atoms with Gasteiger partial charge in [0.05, 0.1) is 16.3 Å². The van der Waals surface area contributed by atoms with Crippen LogP contribution in [0.2, 0.25) is 5.02 Å². The fraction of sp³-hybridized carbons (Fsp3) is 0.455. The second kappa shape index (κ2) is 4.81. The third-order valence-electron chi connectivity index (χ3n) is 2.35. The molecule has 0 heterocycles. The fourth-order valence-electron chi connectivity index (χ4n) is 1.04. The quantitative estimate of drug-likeness (QED) is 0.835. The summed E-state index contributed by atoms with van der Waals surface area (Å²) in [5.41, 5.74) is -0.149. The minimum atomic E-state index is -0.780. The lowest BCUT2D eigenvalue weighted by Gasteiger charge is -2.22. The predicted molar refractivity (Wildman–Crippen MR) is 60.8 cm³/mol. The summed E-state index contributed by atoms with van der Waals surface area (Å²) in [5.74, 6) is -0.368. The van der Waals surface area contributed by atoms with Gasteiger partial charge >= 0.3 is 0 Å². The zero-order chi connectivity index (χ0) is 11.5. The molecule has 0 aliphatic heterocycles. The van der Waals surface area contributed by atoms with Crippen LogP contribution >= 0.6 is 11.6 Å². The molecule has 2 N–H and O–H groups in total. The molecule has 1 aromatic carbocycles. The highest BCUT2D eigenvalue weighted by Crippen LogP contribution is 2.23. The van der Waals surface area contributed by atoms with Gasteiger partial charge in [0.2, 0.25) is 0 Å². The molecule has 0 saturated heterocycles. The molecule has 4 heteroatoms. The van der Waals surface area contributed by atoms with Crippen molar-refractivity contribution in [2.24, 2.45) is 0 Å². The Labute approximate surface area is 94.1 Å². The Kier molecular flexibility index (Phi) is 3.94. The molecule has 0 aromatic heterocycles. The molecule has 15 heavy (non-hydrogen) atoms. The Morgan fingerprint density at radius 2 is 2.20 bits per heavy atom. The molecule has 0 spiro atoms. The highest BCUT2D eigenvalue weighted by Gasteiger charge is 2.17. The van der Waals surface area contributed by atoms with Crippen molar-refractivity contribution >= 4 is 17.3 Å². The molecule has 0 bridgehead atoms. The molecule has 1 unspecified atom stereocenters. The largest absolute Gasteiger partial charge is 0.388 e. The van der Waals surface area contributed by atoms with Gasteiger partial charge in [-0.05, 0) is 31.5 Å². The SMILES string of the molecule is CCC(C)(O)CNc1ccc(F)cc1Cl. The summed E-state index contributed by atoms with van der Waals surface area (Å²) in [5, 5.41) is 13.1. The molecule has 1 aromatic rings. The van der Waals surface area contributed by atoms with E-state index in [0.29, 0.717) is 23.7 Å². The first-order valence-corrected chi connectivity index (χ1v) is 5.24. The Balaban J connectivity index is 2.66. The predicted octanol–water partition coefficient (Wildman–Crippen LogP) is 3.05. The first-order chi connectivity index (χ1) is 6.94. The molecular formula is C11H15ClFNO. The number of hydrogen-bond acceptors (Lipinski definition) is 2. The third-order valence-corrected chi connectivity index (χ3v) is 2.67. The Hall–Kier alpha value is -0.800. The maximum absolute atomic E-state index is 12.7. The second-order valence-electron chi connectivity index (χ2n) is 3.83. The maximum Gasteiger partial charge on any atom is 0.124 e. The monoisotopic (exact) mass is 231 g/mol. The summed E-state index contributed by atoms with van der Waals surface area (Å²) in [6.45, 7) is 4.01. The lowest BCUT2D eigenvalue weighted by molar-refractivity contribution is 0.0697. The van der Waals surface area contributed by atoms with Crippen LogP contribution in [0.4, 0.5) is 10.1 Å². The van der Waals surface area contributed by atoms with Crippen LogP contribution < -0.4 is 5.32 Å². The summed E-state index contributed by atoms with van der Waals surface area (Å²) in [6.07, 6.45) is 0.638. The normalized spacial score (nSPS) is 14.7. The van der Waals surface area contributed by atoms with Gasteiger partial charge in [-0.2, -0.15) is 0 Å². The van der Waals surface area contributed by atoms with Crippen LogP contribution in [-0.4, -0.2) is 17.3 Å². The van der Waals surface area contributed by atoms with Gasteiger partial charge in [-0.25, -0.2) is 4.39 Å². The van der Waals surface area contributed by atoms with E-state index in [-0.39, 0.29) is 5.82 Å². The zero-order valence-electron chi connectivity index (χ0n) is 8.85. The topological polar surface area (TPSA) is 32.3 Å². The van der Waals surface area contributed by atoms with E-state index in [9.17, 15) is 9.50 Å². The van der Waals surface area contributed by atoms with E-state index in [1.54, 1.807) is 13.0 Å². The highest BCUT2D eigenvalue weighted by atomic mass is 35.5. The van der Waals surface area contributed by atoms with E-state index in [1.807, 2.05) is 6.92 Å². The zero-order valence-corrected chi connectivity index (χ0v) is 9.61. The summed E-state index contributed by atoms with van der Waals surface area (Å²) < 4.78 is 12.7. The van der Waals surface area contributed by atoms with Gasteiger partial charge in [0, 0.05) is 6.54 Å². The fourth-order valence-corrected chi connectivity index (χ4v) is 1.28. The van der Waals surface area contributed by atoms with Crippen molar-refractivity contribution in [3.8, 4) is 0 Å². The first kappa shape index (κ1) is 12.3. The van der Waals surface area contributed by atoms with E-state index >= 15 is 0 Å². The number of anilines is 1. The van der Waals surface area contributed by atoms with Crippen molar-refractivity contribution in [3.63, 3.8) is 0 Å². The minimum absolute atomic E-state index is 0.321. The van der Waals surface area contributed by atoms with Crippen LogP contribution in [0.3, 0.4) is 0 Å². The second-order valence-corrected chi connectivity index (χ2v) is 4.24. The van der Waals surface area contributed by atoms with Gasteiger partial charge in [0.1, 0.15) is 5.82 Å². The van der Waals surface area contributed by atoms with Crippen molar-refractivity contribution in [3.05, 3.63) is 29.0 Å². The number of nitrogens with one attached hydrogen (secondary N) is 1. The van der Waals surface area contributed by atoms with E-state index in [0.717, 1.165) is 0 Å². The lowest BCUT2D eigenvalue weighted by atomic mass is 10.0. The Morgan fingerprint density at radius 1 is 1.53 bits per heavy atom. The van der Waals surface area contributed by atoms with Crippen LogP contribution in [0.25, 0.3) is 0 Å². The van der Waals surface area contributed by atoms with Gasteiger partial charge in [-0.3, -0.25) is 0 Å². The lowest BCUT2D eigenvalue weighted by Crippen LogP contribution is -2.32. The van der Waals surface area contributed by atoms with Gasteiger partial charge in [0.15, 0.2) is 0 Å². The summed E-state index contributed by atoms with van der Waals surface area (Å²) >= 11 is 5.82. The average Bonchev–Trinajstić information content (AvgIpc) is 2.16. The summed E-state index contributed by atoms with van der Waals surface area (Å²) in [4.78, 5) is 0. The molecule has 0 aliphatic carbocycles. The molecule has 0 radical (unpaired) electrons. The van der Waals surface area contributed by atoms with E-state index in [2.05, 4.69) is 5.32 Å². The number of rotatable bonds is 4. The molecule has 1 atom stereocenters. The number of halogens is 2. The van der Waals surface area contributed by atoms with Crippen molar-refractivity contribution in [2.75, 3.05) is 11.9 Å². The molecule has 0 saturated carbocycles. The minimum Gasteiger partial charge on any atom is -0.388 e. The molecule has 0 amide bonds. The smallest absolute Gasteiger partial charge is 0.124 e. The van der Waals surface area contributed by atoms with Crippen LogP contribution in [0, 0.1) is 5.82 Å². The molecule has 1 rings (SSSR count). The van der Waals surface area contributed by atoms with E-state index in [4.69, 9.17) is 11.6 Å². The number of aliphatic hydroxyl groups is 1. The van der Waals surface area contributed by atoms with Crippen molar-refractivity contribution < 1.29 is 9.50 Å². The summed E-state index contributed by atoms with van der Waals surface area (Å²) in [6, 6.07) is 4.13. The summed E-state index contributed by atoms with van der Waals surface area (Å²) in [7, 11) is 0. The van der Waals surface area contributed by atoms with Crippen molar-refractivity contribution in [2.45, 2.75) is 25.9 Å². The van der Waals surface area contributed by atoms with E-state index in [1.165, 1.54) is 12.1 Å². The van der Waals surface area contributed by atoms with Crippen LogP contribution in [0.5, 0.6) is 0 Å². The molecule has 0 aliphatic rings. The van der Waals surface area contributed by atoms with E-state index < -0.39 is 5.60 Å². The Morgan fingerprint density at radius 3 is 2.73 bits per heavy atom. The van der Waals surface area contributed by atoms with Crippen LogP contribution in [0.15, 0.2) is 18.2 Å². The number of hydrogen-bond donors (Lipinski definition) is 2. The van der Waals surface area contributed by atoms with Crippen LogP contribution in [0.1, 0.15) is 20.3 Å². The number of benzene rings is 1.